The van der Waals surface area contributed by atoms with Crippen molar-refractivity contribution in [3.05, 3.63) is 36.0 Å². The number of nitrogens with zero attached hydrogens (tertiary/aromatic N) is 2. The minimum absolute atomic E-state index is 0.752. The second kappa shape index (κ2) is 6.05. The van der Waals surface area contributed by atoms with Crippen LogP contribution in [-0.4, -0.2) is 54.1 Å². The molecule has 3 heteroatoms. The Kier molecular flexibility index (Phi) is 3.93. The van der Waals surface area contributed by atoms with Gasteiger partial charge in [-0.1, -0.05) is 6.07 Å². The zero-order valence-corrected chi connectivity index (χ0v) is 13.6. The molecule has 0 atom stereocenters. The number of piperidine rings is 2. The highest BCUT2D eigenvalue weighted by Crippen LogP contribution is 2.31. The van der Waals surface area contributed by atoms with Gasteiger partial charge >= 0.3 is 0 Å². The van der Waals surface area contributed by atoms with Gasteiger partial charge in [0, 0.05) is 17.8 Å². The molecular weight excluding hydrogens is 270 g/mol. The lowest BCUT2D eigenvalue weighted by Crippen LogP contribution is -2.46. The lowest BCUT2D eigenvalue weighted by molar-refractivity contribution is 0.0966. The van der Waals surface area contributed by atoms with Crippen LogP contribution in [-0.2, 0) is 0 Å². The lowest BCUT2D eigenvalue weighted by Gasteiger charge is -2.41. The summed E-state index contributed by atoms with van der Waals surface area (Å²) >= 11 is 0. The first-order valence-corrected chi connectivity index (χ1v) is 8.79. The van der Waals surface area contributed by atoms with E-state index in [-0.39, 0.29) is 0 Å². The summed E-state index contributed by atoms with van der Waals surface area (Å²) in [5.74, 6) is 0.752. The molecular formula is C19H27N3. The van der Waals surface area contributed by atoms with E-state index >= 15 is 0 Å². The van der Waals surface area contributed by atoms with Gasteiger partial charge < -0.3 is 14.8 Å². The number of fused-ring (bicyclic) bond motifs is 1. The van der Waals surface area contributed by atoms with Gasteiger partial charge in [-0.15, -0.1) is 0 Å². The smallest absolute Gasteiger partial charge is 0.0454 e. The van der Waals surface area contributed by atoms with E-state index in [2.05, 4.69) is 46.1 Å². The summed E-state index contributed by atoms with van der Waals surface area (Å²) in [6.45, 7) is 5.11. The third-order valence-corrected chi connectivity index (χ3v) is 5.78. The van der Waals surface area contributed by atoms with Crippen LogP contribution in [0, 0.1) is 0 Å². The number of aromatic nitrogens is 1. The van der Waals surface area contributed by atoms with Gasteiger partial charge in [0.15, 0.2) is 0 Å². The van der Waals surface area contributed by atoms with Crippen LogP contribution in [0.1, 0.15) is 37.2 Å². The van der Waals surface area contributed by atoms with Crippen molar-refractivity contribution in [1.29, 1.82) is 0 Å². The van der Waals surface area contributed by atoms with Crippen LogP contribution in [0.2, 0.25) is 0 Å². The van der Waals surface area contributed by atoms with Crippen molar-refractivity contribution in [2.45, 2.75) is 37.6 Å². The highest BCUT2D eigenvalue weighted by Gasteiger charge is 2.27. The maximum Gasteiger partial charge on any atom is 0.0454 e. The highest BCUT2D eigenvalue weighted by molar-refractivity contribution is 5.80. The maximum absolute atomic E-state index is 3.29. The van der Waals surface area contributed by atoms with Gasteiger partial charge in [0.1, 0.15) is 0 Å². The molecule has 3 nitrogen and oxygen atoms in total. The highest BCUT2D eigenvalue weighted by atomic mass is 15.2. The van der Waals surface area contributed by atoms with Gasteiger partial charge in [-0.2, -0.15) is 0 Å². The average Bonchev–Trinajstić information content (AvgIpc) is 3.03. The van der Waals surface area contributed by atoms with E-state index in [0.717, 1.165) is 12.0 Å². The molecule has 0 amide bonds. The average molecular weight is 297 g/mol. The molecule has 1 aromatic heterocycles. The van der Waals surface area contributed by atoms with Gasteiger partial charge in [-0.25, -0.2) is 0 Å². The van der Waals surface area contributed by atoms with E-state index in [4.69, 9.17) is 0 Å². The fourth-order valence-electron chi connectivity index (χ4n) is 4.28. The molecule has 0 saturated carbocycles. The molecule has 0 spiro atoms. The molecule has 118 valence electrons. The molecule has 0 radical (unpaired) electrons. The Morgan fingerprint density at radius 3 is 2.50 bits per heavy atom. The standard InChI is InChI=1S/C19H27N3/c1-21-10-7-18(8-11-21)22-12-5-15(6-13-22)16-2-3-19-17(14-16)4-9-20-19/h2-4,9,14-15,18,20H,5-8,10-13H2,1H3. The predicted octanol–water partition coefficient (Wildman–Crippen LogP) is 3.44. The van der Waals surface area contributed by atoms with E-state index in [1.165, 1.54) is 68.3 Å². The van der Waals surface area contributed by atoms with Crippen molar-refractivity contribution >= 4 is 10.9 Å². The molecule has 2 aliphatic heterocycles. The van der Waals surface area contributed by atoms with Crippen molar-refractivity contribution in [3.63, 3.8) is 0 Å². The molecule has 0 aliphatic carbocycles. The second-order valence-electron chi connectivity index (χ2n) is 7.17. The summed E-state index contributed by atoms with van der Waals surface area (Å²) < 4.78 is 0. The summed E-state index contributed by atoms with van der Waals surface area (Å²) in [4.78, 5) is 8.52. The van der Waals surface area contributed by atoms with E-state index in [1.807, 2.05) is 6.20 Å². The lowest BCUT2D eigenvalue weighted by atomic mass is 9.87. The number of H-pyrrole nitrogens is 1. The van der Waals surface area contributed by atoms with Gasteiger partial charge in [0.05, 0.1) is 0 Å². The van der Waals surface area contributed by atoms with Gasteiger partial charge in [-0.05, 0) is 94.0 Å². The molecule has 0 bridgehead atoms. The second-order valence-corrected chi connectivity index (χ2v) is 7.17. The molecule has 4 rings (SSSR count). The van der Waals surface area contributed by atoms with E-state index < -0.39 is 0 Å². The third kappa shape index (κ3) is 2.80. The summed E-state index contributed by atoms with van der Waals surface area (Å²) in [5, 5.41) is 1.36. The zero-order valence-electron chi connectivity index (χ0n) is 13.6. The Morgan fingerprint density at radius 1 is 0.955 bits per heavy atom. The number of rotatable bonds is 2. The van der Waals surface area contributed by atoms with Crippen LogP contribution < -0.4 is 0 Å². The summed E-state index contributed by atoms with van der Waals surface area (Å²) in [7, 11) is 2.25. The largest absolute Gasteiger partial charge is 0.361 e. The molecule has 2 fully saturated rings. The minimum Gasteiger partial charge on any atom is -0.361 e. The van der Waals surface area contributed by atoms with Gasteiger partial charge in [-0.3, -0.25) is 0 Å². The molecule has 0 unspecified atom stereocenters. The monoisotopic (exact) mass is 297 g/mol. The Labute approximate surface area is 133 Å². The first-order chi connectivity index (χ1) is 10.8. The van der Waals surface area contributed by atoms with Crippen LogP contribution in [0.4, 0.5) is 0 Å². The van der Waals surface area contributed by atoms with Crippen LogP contribution in [0.25, 0.3) is 10.9 Å². The fraction of sp³-hybridized carbons (Fsp3) is 0.579. The van der Waals surface area contributed by atoms with Crippen molar-refractivity contribution in [3.8, 4) is 0 Å². The molecule has 3 heterocycles. The van der Waals surface area contributed by atoms with Crippen LogP contribution in [0.5, 0.6) is 0 Å². The summed E-state index contributed by atoms with van der Waals surface area (Å²) in [5.41, 5.74) is 2.79. The van der Waals surface area contributed by atoms with Crippen molar-refractivity contribution in [1.82, 2.24) is 14.8 Å². The van der Waals surface area contributed by atoms with Crippen molar-refractivity contribution in [2.24, 2.45) is 0 Å². The number of aromatic amines is 1. The van der Waals surface area contributed by atoms with E-state index in [0.29, 0.717) is 0 Å². The zero-order chi connectivity index (χ0) is 14.9. The Balaban J connectivity index is 1.38. The predicted molar refractivity (Wildman–Crippen MR) is 92.4 cm³/mol. The number of nitrogens with one attached hydrogen (secondary N) is 1. The first-order valence-electron chi connectivity index (χ1n) is 8.79. The molecule has 2 aliphatic rings. The normalized spacial score (nSPS) is 23.3. The van der Waals surface area contributed by atoms with Gasteiger partial charge in [0.2, 0.25) is 0 Å². The van der Waals surface area contributed by atoms with E-state index in [1.54, 1.807) is 0 Å². The topological polar surface area (TPSA) is 22.3 Å². The number of hydrogen-bond acceptors (Lipinski definition) is 2. The molecule has 1 N–H and O–H groups in total. The van der Waals surface area contributed by atoms with Crippen LogP contribution in [0.15, 0.2) is 30.5 Å². The quantitative estimate of drug-likeness (QED) is 0.917. The summed E-state index contributed by atoms with van der Waals surface area (Å²) in [6, 6.07) is 9.99. The van der Waals surface area contributed by atoms with Crippen LogP contribution >= 0.6 is 0 Å². The Morgan fingerprint density at radius 2 is 1.73 bits per heavy atom. The molecule has 1 aromatic carbocycles. The van der Waals surface area contributed by atoms with E-state index in [9.17, 15) is 0 Å². The number of hydrogen-bond donors (Lipinski definition) is 1. The Hall–Kier alpha value is -1.32. The Bertz CT molecular complexity index is 616. The van der Waals surface area contributed by atoms with Crippen molar-refractivity contribution < 1.29 is 0 Å². The maximum atomic E-state index is 3.29. The molecule has 2 aromatic rings. The SMILES string of the molecule is CN1CCC(N2CCC(c3ccc4[nH]ccc4c3)CC2)CC1. The number of likely N-dealkylation sites (tertiary alicyclic amines) is 2. The fourth-order valence-corrected chi connectivity index (χ4v) is 4.28. The van der Waals surface area contributed by atoms with Crippen LogP contribution in [0.3, 0.4) is 0 Å². The van der Waals surface area contributed by atoms with Crippen molar-refractivity contribution in [2.75, 3.05) is 33.2 Å². The molecule has 2 saturated heterocycles. The number of benzene rings is 1. The minimum atomic E-state index is 0.752. The first kappa shape index (κ1) is 14.3. The van der Waals surface area contributed by atoms with Gasteiger partial charge in [0.25, 0.3) is 0 Å². The molecule has 22 heavy (non-hydrogen) atoms. The third-order valence-electron chi connectivity index (χ3n) is 5.78. The summed E-state index contributed by atoms with van der Waals surface area (Å²) in [6.07, 6.45) is 7.40.